The van der Waals surface area contributed by atoms with Gasteiger partial charge in [0.25, 0.3) is 5.91 Å². The first kappa shape index (κ1) is 11.5. The lowest BCUT2D eigenvalue weighted by Gasteiger charge is -2.38. The van der Waals surface area contributed by atoms with Crippen LogP contribution in [0.4, 0.5) is 10.1 Å². The van der Waals surface area contributed by atoms with Gasteiger partial charge in [0.1, 0.15) is 18.5 Å². The van der Waals surface area contributed by atoms with Crippen LogP contribution in [0.3, 0.4) is 0 Å². The third-order valence-electron chi connectivity index (χ3n) is 2.55. The summed E-state index contributed by atoms with van der Waals surface area (Å²) in [4.78, 5) is 23.9. The summed E-state index contributed by atoms with van der Waals surface area (Å²) in [5, 5.41) is 10.9. The van der Waals surface area contributed by atoms with E-state index in [1.807, 2.05) is 0 Å². The Morgan fingerprint density at radius 3 is 2.65 bits per heavy atom. The highest BCUT2D eigenvalue weighted by molar-refractivity contribution is 6.05. The lowest BCUT2D eigenvalue weighted by atomic mass is 10.1. The number of hydrogen-bond acceptors (Lipinski definition) is 3. The van der Waals surface area contributed by atoms with Gasteiger partial charge >= 0.3 is 0 Å². The van der Waals surface area contributed by atoms with Crippen molar-refractivity contribution >= 4 is 17.5 Å². The molecule has 1 heterocycles. The predicted octanol–water partition coefficient (Wildman–Crippen LogP) is -0.351. The smallest absolute Gasteiger partial charge is 0.251 e. The molecule has 1 atom stereocenters. The quantitative estimate of drug-likeness (QED) is 0.707. The molecule has 2 rings (SSSR count). The average Bonchev–Trinajstić information content (AvgIpc) is 2.34. The van der Waals surface area contributed by atoms with Gasteiger partial charge in [0.15, 0.2) is 0 Å². The van der Waals surface area contributed by atoms with Crippen LogP contribution in [0.1, 0.15) is 0 Å². The molecular formula is C11H11FN2O3. The Morgan fingerprint density at radius 2 is 2.12 bits per heavy atom. The van der Waals surface area contributed by atoms with E-state index in [0.29, 0.717) is 12.2 Å². The summed E-state index contributed by atoms with van der Waals surface area (Å²) < 4.78 is 12.7. The third kappa shape index (κ3) is 2.26. The van der Waals surface area contributed by atoms with Crippen molar-refractivity contribution in [2.45, 2.75) is 6.04 Å². The number of rotatable bonds is 3. The van der Waals surface area contributed by atoms with Gasteiger partial charge in [-0.2, -0.15) is 0 Å². The molecule has 2 N–H and O–H groups in total. The summed E-state index contributed by atoms with van der Waals surface area (Å²) >= 11 is 0. The van der Waals surface area contributed by atoms with Crippen LogP contribution in [0.2, 0.25) is 0 Å². The molecule has 1 aliphatic rings. The molecule has 1 aliphatic heterocycles. The second-order valence-corrected chi connectivity index (χ2v) is 3.70. The Kier molecular flexibility index (Phi) is 3.06. The maximum absolute atomic E-state index is 12.7. The first-order valence-electron chi connectivity index (χ1n) is 5.09. The van der Waals surface area contributed by atoms with E-state index in [0.717, 1.165) is 0 Å². The van der Waals surface area contributed by atoms with E-state index in [1.54, 1.807) is 0 Å². The average molecular weight is 238 g/mol. The number of benzene rings is 1. The Labute approximate surface area is 96.8 Å². The van der Waals surface area contributed by atoms with Crippen molar-refractivity contribution in [1.82, 2.24) is 5.32 Å². The lowest BCUT2D eigenvalue weighted by Crippen LogP contribution is -2.64. The number of halogens is 1. The molecule has 1 aromatic carbocycles. The van der Waals surface area contributed by atoms with Crippen molar-refractivity contribution in [2.75, 3.05) is 18.1 Å². The van der Waals surface area contributed by atoms with Crippen LogP contribution in [-0.2, 0) is 9.59 Å². The number of nitrogens with one attached hydrogen (secondary N) is 1. The third-order valence-corrected chi connectivity index (χ3v) is 2.55. The van der Waals surface area contributed by atoms with Crippen molar-refractivity contribution in [3.8, 4) is 0 Å². The van der Waals surface area contributed by atoms with Crippen LogP contribution < -0.4 is 10.2 Å². The van der Waals surface area contributed by atoms with Gasteiger partial charge in [-0.3, -0.25) is 9.59 Å². The van der Waals surface area contributed by atoms with Crippen LogP contribution in [0, 0.1) is 5.82 Å². The second-order valence-electron chi connectivity index (χ2n) is 3.70. The van der Waals surface area contributed by atoms with Gasteiger partial charge in [0.2, 0.25) is 5.91 Å². The van der Waals surface area contributed by atoms with Crippen LogP contribution in [-0.4, -0.2) is 36.1 Å². The molecule has 0 bridgehead atoms. The molecule has 0 aromatic heterocycles. The fourth-order valence-electron chi connectivity index (χ4n) is 1.63. The predicted molar refractivity (Wildman–Crippen MR) is 57.8 cm³/mol. The highest BCUT2D eigenvalue weighted by Crippen LogP contribution is 2.22. The molecule has 0 spiro atoms. The van der Waals surface area contributed by atoms with Gasteiger partial charge in [0, 0.05) is 5.69 Å². The summed E-state index contributed by atoms with van der Waals surface area (Å²) in [6, 6.07) is 4.93. The summed E-state index contributed by atoms with van der Waals surface area (Å²) in [6.45, 7) is -0.309. The van der Waals surface area contributed by atoms with Crippen molar-refractivity contribution in [3.05, 3.63) is 30.1 Å². The molecular weight excluding hydrogens is 227 g/mol. The van der Waals surface area contributed by atoms with Gasteiger partial charge in [-0.05, 0) is 24.3 Å². The largest absolute Gasteiger partial charge is 0.387 e. The van der Waals surface area contributed by atoms with Crippen LogP contribution in [0.5, 0.6) is 0 Å². The number of aliphatic hydroxyl groups excluding tert-OH is 1. The van der Waals surface area contributed by atoms with Crippen molar-refractivity contribution in [3.63, 3.8) is 0 Å². The zero-order valence-electron chi connectivity index (χ0n) is 8.89. The molecule has 0 aliphatic carbocycles. The first-order valence-corrected chi connectivity index (χ1v) is 5.09. The van der Waals surface area contributed by atoms with Crippen LogP contribution >= 0.6 is 0 Å². The van der Waals surface area contributed by atoms with Gasteiger partial charge < -0.3 is 15.3 Å². The highest BCUT2D eigenvalue weighted by atomic mass is 19.1. The highest BCUT2D eigenvalue weighted by Gasteiger charge is 2.38. The van der Waals surface area contributed by atoms with E-state index in [-0.39, 0.29) is 11.7 Å². The molecule has 1 saturated heterocycles. The summed E-state index contributed by atoms with van der Waals surface area (Å²) in [5.41, 5.74) is 0.589. The minimum Gasteiger partial charge on any atom is -0.387 e. The van der Waals surface area contributed by atoms with Gasteiger partial charge in [-0.15, -0.1) is 0 Å². The number of carbonyl (C=O) groups excluding carboxylic acids is 2. The summed E-state index contributed by atoms with van der Waals surface area (Å²) in [7, 11) is 0. The standard InChI is InChI=1S/C11H11FN2O3/c12-7-1-3-8(4-2-7)14-5-9(11(14)17)13-10(16)6-15/h1-4,9,15H,5-6H2,(H,13,16). The van der Waals surface area contributed by atoms with Gasteiger partial charge in [0.05, 0.1) is 6.54 Å². The van der Waals surface area contributed by atoms with Crippen LogP contribution in [0.25, 0.3) is 0 Å². The summed E-state index contributed by atoms with van der Waals surface area (Å²) in [5.74, 6) is -1.22. The molecule has 2 amide bonds. The topological polar surface area (TPSA) is 69.6 Å². The lowest BCUT2D eigenvalue weighted by molar-refractivity contribution is -0.131. The maximum atomic E-state index is 12.7. The molecule has 1 unspecified atom stereocenters. The number of carbonyl (C=O) groups is 2. The normalized spacial score (nSPS) is 18.8. The summed E-state index contributed by atoms with van der Waals surface area (Å²) in [6.07, 6.45) is 0. The molecule has 5 nitrogen and oxygen atoms in total. The first-order chi connectivity index (χ1) is 8.11. The van der Waals surface area contributed by atoms with E-state index in [1.165, 1.54) is 29.2 Å². The van der Waals surface area contributed by atoms with Crippen molar-refractivity contribution in [2.24, 2.45) is 0 Å². The van der Waals surface area contributed by atoms with Crippen molar-refractivity contribution < 1.29 is 19.1 Å². The Morgan fingerprint density at radius 1 is 1.47 bits per heavy atom. The molecule has 90 valence electrons. The van der Waals surface area contributed by atoms with E-state index in [4.69, 9.17) is 5.11 Å². The molecule has 0 saturated carbocycles. The Bertz CT molecular complexity index is 447. The van der Waals surface area contributed by atoms with E-state index in [9.17, 15) is 14.0 Å². The zero-order valence-corrected chi connectivity index (χ0v) is 8.89. The van der Waals surface area contributed by atoms with Gasteiger partial charge in [-0.25, -0.2) is 4.39 Å². The zero-order chi connectivity index (χ0) is 12.4. The van der Waals surface area contributed by atoms with Crippen LogP contribution in [0.15, 0.2) is 24.3 Å². The second kappa shape index (κ2) is 4.50. The number of nitrogens with zero attached hydrogens (tertiary/aromatic N) is 1. The van der Waals surface area contributed by atoms with E-state index in [2.05, 4.69) is 5.32 Å². The van der Waals surface area contributed by atoms with E-state index < -0.39 is 18.6 Å². The Hall–Kier alpha value is -1.95. The fraction of sp³-hybridized carbons (Fsp3) is 0.273. The maximum Gasteiger partial charge on any atom is 0.251 e. The number of β-lactam (4-membered cyclic amide) rings is 1. The molecule has 6 heteroatoms. The fourth-order valence-corrected chi connectivity index (χ4v) is 1.63. The minimum atomic E-state index is -0.639. The number of aliphatic hydroxyl groups is 1. The molecule has 1 fully saturated rings. The molecule has 17 heavy (non-hydrogen) atoms. The minimum absolute atomic E-state index is 0.265. The number of amides is 2. The molecule has 0 radical (unpaired) electrons. The number of anilines is 1. The SMILES string of the molecule is O=C(CO)NC1CN(c2ccc(F)cc2)C1=O. The molecule has 1 aromatic rings. The monoisotopic (exact) mass is 238 g/mol. The number of hydrogen-bond donors (Lipinski definition) is 2. The van der Waals surface area contributed by atoms with Gasteiger partial charge in [-0.1, -0.05) is 0 Å². The van der Waals surface area contributed by atoms with Crippen molar-refractivity contribution in [1.29, 1.82) is 0 Å². The Balaban J connectivity index is 1.97. The van der Waals surface area contributed by atoms with E-state index >= 15 is 0 Å².